The number of halogens is 4. The van der Waals surface area contributed by atoms with Gasteiger partial charge < -0.3 is 4.74 Å². The minimum atomic E-state index is -4.68. The molecule has 130 valence electrons. The number of ether oxygens (including phenoxy) is 1. The van der Waals surface area contributed by atoms with E-state index in [2.05, 4.69) is 4.72 Å². The Morgan fingerprint density at radius 3 is 2.46 bits per heavy atom. The van der Waals surface area contributed by atoms with E-state index in [0.29, 0.717) is 11.6 Å². The molecule has 0 saturated heterocycles. The molecule has 0 aliphatic carbocycles. The van der Waals surface area contributed by atoms with Crippen LogP contribution < -0.4 is 4.72 Å². The second-order valence-electron chi connectivity index (χ2n) is 4.84. The third kappa shape index (κ3) is 4.19. The van der Waals surface area contributed by atoms with Crippen molar-refractivity contribution in [1.29, 1.82) is 0 Å². The monoisotopic (exact) mass is 379 g/mol. The van der Waals surface area contributed by atoms with E-state index in [9.17, 15) is 21.6 Å². The zero-order valence-corrected chi connectivity index (χ0v) is 14.0. The number of anilines is 1. The first-order chi connectivity index (χ1) is 11.1. The smallest absolute Gasteiger partial charge is 0.380 e. The van der Waals surface area contributed by atoms with Crippen molar-refractivity contribution >= 4 is 27.3 Å². The van der Waals surface area contributed by atoms with Gasteiger partial charge in [0, 0.05) is 12.7 Å². The molecule has 0 spiro atoms. The minimum absolute atomic E-state index is 0.134. The summed E-state index contributed by atoms with van der Waals surface area (Å²) in [5, 5.41) is -0.306. The summed E-state index contributed by atoms with van der Waals surface area (Å²) in [6.07, 6.45) is -4.68. The molecule has 0 saturated carbocycles. The number of nitrogens with one attached hydrogen (secondary N) is 1. The predicted molar refractivity (Wildman–Crippen MR) is 84.4 cm³/mol. The van der Waals surface area contributed by atoms with E-state index in [1.54, 1.807) is 18.2 Å². The molecule has 4 nitrogen and oxygen atoms in total. The highest BCUT2D eigenvalue weighted by Crippen LogP contribution is 2.34. The average molecular weight is 380 g/mol. The summed E-state index contributed by atoms with van der Waals surface area (Å²) in [5.41, 5.74) is -0.364. The summed E-state index contributed by atoms with van der Waals surface area (Å²) in [6, 6.07) is 8.51. The van der Waals surface area contributed by atoms with E-state index in [1.165, 1.54) is 13.2 Å². The molecule has 0 aliphatic rings. The van der Waals surface area contributed by atoms with E-state index in [0.717, 1.165) is 12.1 Å². The Labute approximate surface area is 142 Å². The fourth-order valence-corrected chi connectivity index (χ4v) is 3.61. The largest absolute Gasteiger partial charge is 0.416 e. The van der Waals surface area contributed by atoms with Crippen LogP contribution in [0.1, 0.15) is 11.1 Å². The molecule has 0 amide bonds. The lowest BCUT2D eigenvalue weighted by Gasteiger charge is -2.14. The Kier molecular flexibility index (Phi) is 5.42. The summed E-state index contributed by atoms with van der Waals surface area (Å²) in [5.74, 6) is 0. The van der Waals surface area contributed by atoms with E-state index in [4.69, 9.17) is 16.3 Å². The van der Waals surface area contributed by atoms with Gasteiger partial charge in [0.1, 0.15) is 4.90 Å². The number of methoxy groups -OCH3 is 1. The number of para-hydroxylation sites is 1. The second-order valence-corrected chi connectivity index (χ2v) is 6.90. The molecule has 9 heteroatoms. The van der Waals surface area contributed by atoms with Gasteiger partial charge in [-0.25, -0.2) is 8.42 Å². The lowest BCUT2D eigenvalue weighted by atomic mass is 10.2. The van der Waals surface area contributed by atoms with Crippen molar-refractivity contribution in [3.05, 3.63) is 58.6 Å². The molecule has 0 radical (unpaired) electrons. The zero-order chi connectivity index (χ0) is 18.0. The van der Waals surface area contributed by atoms with Crippen molar-refractivity contribution in [1.82, 2.24) is 0 Å². The molecule has 2 aromatic rings. The van der Waals surface area contributed by atoms with Crippen molar-refractivity contribution in [2.75, 3.05) is 11.8 Å². The molecular weight excluding hydrogens is 367 g/mol. The van der Waals surface area contributed by atoms with Gasteiger partial charge >= 0.3 is 6.18 Å². The summed E-state index contributed by atoms with van der Waals surface area (Å²) < 4.78 is 70.5. The molecule has 2 aromatic carbocycles. The van der Waals surface area contributed by atoms with Crippen molar-refractivity contribution < 1.29 is 26.3 Å². The van der Waals surface area contributed by atoms with E-state index in [1.807, 2.05) is 0 Å². The van der Waals surface area contributed by atoms with E-state index < -0.39 is 26.7 Å². The molecule has 0 unspecified atom stereocenters. The van der Waals surface area contributed by atoms with E-state index >= 15 is 0 Å². The van der Waals surface area contributed by atoms with Crippen molar-refractivity contribution in [3.8, 4) is 0 Å². The first kappa shape index (κ1) is 18.6. The normalized spacial score (nSPS) is 12.2. The summed E-state index contributed by atoms with van der Waals surface area (Å²) in [6.45, 7) is 0.134. The molecule has 0 atom stereocenters. The number of rotatable bonds is 5. The minimum Gasteiger partial charge on any atom is -0.380 e. The van der Waals surface area contributed by atoms with Crippen molar-refractivity contribution in [2.45, 2.75) is 17.7 Å². The van der Waals surface area contributed by atoms with Gasteiger partial charge in [0.15, 0.2) is 0 Å². The van der Waals surface area contributed by atoms with Crippen LogP contribution in [-0.4, -0.2) is 15.5 Å². The molecule has 0 fully saturated rings. The Hall–Kier alpha value is -1.77. The summed E-state index contributed by atoms with van der Waals surface area (Å²) in [4.78, 5) is -0.647. The third-order valence-corrected chi connectivity index (χ3v) is 4.96. The topological polar surface area (TPSA) is 55.4 Å². The van der Waals surface area contributed by atoms with Crippen LogP contribution in [0.3, 0.4) is 0 Å². The first-order valence-electron chi connectivity index (χ1n) is 6.61. The molecule has 2 rings (SSSR count). The van der Waals surface area contributed by atoms with Crippen LogP contribution in [0.15, 0.2) is 47.4 Å². The number of hydrogen-bond donors (Lipinski definition) is 1. The Morgan fingerprint density at radius 2 is 1.83 bits per heavy atom. The van der Waals surface area contributed by atoms with Crippen LogP contribution in [0, 0.1) is 0 Å². The van der Waals surface area contributed by atoms with Crippen LogP contribution in [0.2, 0.25) is 5.02 Å². The summed E-state index contributed by atoms with van der Waals surface area (Å²) in [7, 11) is -2.87. The molecule has 0 aliphatic heterocycles. The number of hydrogen-bond acceptors (Lipinski definition) is 3. The fourth-order valence-electron chi connectivity index (χ4n) is 1.99. The lowest BCUT2D eigenvalue weighted by molar-refractivity contribution is -0.137. The van der Waals surface area contributed by atoms with Crippen LogP contribution in [0.5, 0.6) is 0 Å². The highest BCUT2D eigenvalue weighted by atomic mass is 35.5. The maximum atomic E-state index is 12.8. The van der Waals surface area contributed by atoms with Gasteiger partial charge in [-0.2, -0.15) is 13.2 Å². The Balaban J connectivity index is 2.45. The quantitative estimate of drug-likeness (QED) is 0.842. The lowest BCUT2D eigenvalue weighted by Crippen LogP contribution is -2.16. The van der Waals surface area contributed by atoms with Gasteiger partial charge in [0.05, 0.1) is 22.9 Å². The number of alkyl halides is 3. The van der Waals surface area contributed by atoms with Crippen molar-refractivity contribution in [2.24, 2.45) is 0 Å². The van der Waals surface area contributed by atoms with Crippen molar-refractivity contribution in [3.63, 3.8) is 0 Å². The zero-order valence-electron chi connectivity index (χ0n) is 12.4. The Bertz CT molecular complexity index is 838. The van der Waals surface area contributed by atoms with Crippen LogP contribution in [0.4, 0.5) is 18.9 Å². The molecule has 0 bridgehead atoms. The highest BCUT2D eigenvalue weighted by Gasteiger charge is 2.32. The molecule has 24 heavy (non-hydrogen) atoms. The first-order valence-corrected chi connectivity index (χ1v) is 8.47. The number of benzene rings is 2. The van der Waals surface area contributed by atoms with Gasteiger partial charge in [-0.1, -0.05) is 29.8 Å². The van der Waals surface area contributed by atoms with Gasteiger partial charge in [0.25, 0.3) is 10.0 Å². The van der Waals surface area contributed by atoms with E-state index in [-0.39, 0.29) is 17.3 Å². The second kappa shape index (κ2) is 7.00. The molecular formula is C15H13ClF3NO3S. The molecule has 1 N–H and O–H groups in total. The van der Waals surface area contributed by atoms with Gasteiger partial charge in [-0.3, -0.25) is 4.72 Å². The Morgan fingerprint density at radius 1 is 1.17 bits per heavy atom. The SMILES string of the molecule is COCc1ccccc1NS(=O)(=O)c1cc(C(F)(F)F)ccc1Cl. The van der Waals surface area contributed by atoms with Crippen LogP contribution >= 0.6 is 11.6 Å². The number of sulfonamides is 1. The van der Waals surface area contributed by atoms with Crippen LogP contribution in [-0.2, 0) is 27.5 Å². The molecule has 0 heterocycles. The van der Waals surface area contributed by atoms with Gasteiger partial charge in [0.2, 0.25) is 0 Å². The summed E-state index contributed by atoms with van der Waals surface area (Å²) >= 11 is 5.79. The molecule has 0 aromatic heterocycles. The van der Waals surface area contributed by atoms with Gasteiger partial charge in [-0.15, -0.1) is 0 Å². The maximum Gasteiger partial charge on any atom is 0.416 e. The highest BCUT2D eigenvalue weighted by molar-refractivity contribution is 7.92. The maximum absolute atomic E-state index is 12.8. The average Bonchev–Trinajstić information content (AvgIpc) is 2.48. The van der Waals surface area contributed by atoms with Crippen LogP contribution in [0.25, 0.3) is 0 Å². The van der Waals surface area contributed by atoms with Gasteiger partial charge in [-0.05, 0) is 24.3 Å². The third-order valence-electron chi connectivity index (χ3n) is 3.11. The standard InChI is InChI=1S/C15H13ClF3NO3S/c1-23-9-10-4-2-3-5-13(10)20-24(21,22)14-8-11(15(17,18)19)6-7-12(14)16/h2-8,20H,9H2,1H3. The fraction of sp³-hybridized carbons (Fsp3) is 0.200. The predicted octanol–water partition coefficient (Wildman–Crippen LogP) is 4.31.